The minimum Gasteiger partial charge on any atom is -0.364 e. The lowest BCUT2D eigenvalue weighted by atomic mass is 9.95. The number of amides is 4. The molecule has 0 spiro atoms. The zero-order valence-electron chi connectivity index (χ0n) is 42.5. The molecule has 1 saturated carbocycles. The largest absolute Gasteiger partial charge is 0.364 e. The molecule has 4 aromatic heterocycles. The minimum atomic E-state index is -3.93. The molecule has 4 amide bonds. The molecule has 4 aliphatic heterocycles. The summed E-state index contributed by atoms with van der Waals surface area (Å²) < 4.78 is 149. The average Bonchev–Trinajstić information content (AvgIpc) is 3.86. The Morgan fingerprint density at radius 2 is 1.62 bits per heavy atom. The lowest BCUT2D eigenvalue weighted by Gasteiger charge is -2.40. The van der Waals surface area contributed by atoms with E-state index in [0.717, 1.165) is 4.09 Å². The third kappa shape index (κ3) is 7.52. The third-order valence-corrected chi connectivity index (χ3v) is 13.9. The van der Waals surface area contributed by atoms with Gasteiger partial charge >= 0.3 is 0 Å². The van der Waals surface area contributed by atoms with E-state index in [9.17, 15) is 27.6 Å². The number of rotatable bonds is 11. The van der Waals surface area contributed by atoms with Crippen LogP contribution in [0.2, 0.25) is 0 Å². The zero-order chi connectivity index (χ0) is 52.6. The molecule has 340 valence electrons. The minimum absolute atomic E-state index is 0.100. The van der Waals surface area contributed by atoms with E-state index in [0.29, 0.717) is 51.7 Å². The van der Waals surface area contributed by atoms with Crippen LogP contribution < -0.4 is 20.4 Å². The fraction of sp³-hybridized carbons (Fsp3) is 0.452. The second-order valence-corrected chi connectivity index (χ2v) is 18.6. The van der Waals surface area contributed by atoms with Crippen LogP contribution in [0.3, 0.4) is 0 Å². The van der Waals surface area contributed by atoms with Gasteiger partial charge in [-0.05, 0) is 57.9 Å². The number of carbonyl (C=O) groups is 4. The van der Waals surface area contributed by atoms with E-state index in [1.54, 1.807) is 23.0 Å². The second kappa shape index (κ2) is 16.2. The van der Waals surface area contributed by atoms with Gasteiger partial charge in [-0.3, -0.25) is 39.0 Å². The molecule has 1 aromatic carbocycles. The van der Waals surface area contributed by atoms with Crippen LogP contribution in [0, 0.1) is 23.4 Å². The first kappa shape index (κ1) is 33.9. The molecule has 65 heavy (non-hydrogen) atoms. The summed E-state index contributed by atoms with van der Waals surface area (Å²) in [6, 6.07) is 1.47. The molecule has 0 bridgehead atoms. The summed E-state index contributed by atoms with van der Waals surface area (Å²) in [5.41, 5.74) is -3.95. The van der Waals surface area contributed by atoms with Gasteiger partial charge in [0, 0.05) is 82.0 Å². The highest BCUT2D eigenvalue weighted by Gasteiger charge is 2.50. The Kier molecular flexibility index (Phi) is 8.45. The smallest absolute Gasteiger partial charge is 0.265 e. The number of carbonyl (C=O) groups excluding carboxylic acids is 4. The summed E-state index contributed by atoms with van der Waals surface area (Å²) >= 11 is 0. The molecule has 4 fully saturated rings. The number of halogens is 3. The molecule has 19 nitrogen and oxygen atoms in total. The Morgan fingerprint density at radius 1 is 0.892 bits per heavy atom. The number of hydrogen-bond donors (Lipinski definition) is 2. The van der Waals surface area contributed by atoms with Crippen LogP contribution in [0.5, 0.6) is 0 Å². The Balaban J connectivity index is 0.869. The van der Waals surface area contributed by atoms with Gasteiger partial charge in [0.25, 0.3) is 21.8 Å². The first-order chi connectivity index (χ1) is 34.2. The number of nitrogens with zero attached hydrogens (tertiary/aromatic N) is 11. The van der Waals surface area contributed by atoms with Crippen molar-refractivity contribution in [3.63, 3.8) is 0 Å². The van der Waals surface area contributed by atoms with Crippen molar-refractivity contribution in [1.29, 1.82) is 0 Å². The predicted molar refractivity (Wildman–Crippen MR) is 228 cm³/mol. The van der Waals surface area contributed by atoms with Crippen LogP contribution in [0.15, 0.2) is 36.9 Å². The summed E-state index contributed by atoms with van der Waals surface area (Å²) in [5, 5.41) is 14.2. The summed E-state index contributed by atoms with van der Waals surface area (Å²) in [6.07, 6.45) is 6.63. The quantitative estimate of drug-likeness (QED) is 0.143. The van der Waals surface area contributed by atoms with Gasteiger partial charge < -0.3 is 15.1 Å². The summed E-state index contributed by atoms with van der Waals surface area (Å²) in [4.78, 5) is 66.4. The molecule has 1 aliphatic carbocycles. The van der Waals surface area contributed by atoms with E-state index < -0.39 is 129 Å². The molecule has 1 atom stereocenters. The molecule has 8 heterocycles. The van der Waals surface area contributed by atoms with E-state index in [4.69, 9.17) is 16.1 Å². The van der Waals surface area contributed by atoms with E-state index in [2.05, 4.69) is 25.4 Å². The maximum atomic E-state index is 16.7. The van der Waals surface area contributed by atoms with Crippen LogP contribution in [0.1, 0.15) is 90.1 Å². The van der Waals surface area contributed by atoms with Gasteiger partial charge in [-0.15, -0.1) is 0 Å². The number of anilines is 4. The number of fused-ring (bicyclic) bond motifs is 2. The summed E-state index contributed by atoms with van der Waals surface area (Å²) in [6.45, 7) is -11.4. The molecular weight excluding hydrogens is 872 g/mol. The van der Waals surface area contributed by atoms with Crippen LogP contribution in [0.25, 0.3) is 22.3 Å². The first-order valence-electron chi connectivity index (χ1n) is 24.7. The lowest BCUT2D eigenvalue weighted by molar-refractivity contribution is -0.136. The number of aromatic nitrogens is 7. The number of pyridine rings is 1. The third-order valence-electron chi connectivity index (χ3n) is 11.9. The Labute approximate surface area is 381 Å². The van der Waals surface area contributed by atoms with Gasteiger partial charge in [0.15, 0.2) is 29.1 Å². The fourth-order valence-electron chi connectivity index (χ4n) is 8.34. The molecule has 10 rings (SSSR count). The van der Waals surface area contributed by atoms with Crippen LogP contribution >= 0.6 is 0 Å². The van der Waals surface area contributed by atoms with Crippen molar-refractivity contribution >= 4 is 67.7 Å². The number of benzene rings is 1. The maximum absolute atomic E-state index is 16.7. The van der Waals surface area contributed by atoms with Crippen molar-refractivity contribution in [2.75, 3.05) is 60.7 Å². The Morgan fingerprint density at radius 3 is 2.31 bits per heavy atom. The lowest BCUT2D eigenvalue weighted by Crippen LogP contribution is -2.54. The second-order valence-electron chi connectivity index (χ2n) is 16.5. The van der Waals surface area contributed by atoms with Gasteiger partial charge in [-0.25, -0.2) is 36.5 Å². The standard InChI is InChI=1S/C42H44F3N13O6S/c1-22(2)58-28-17-30(49-29-7-10-46-38(50-29)24-18-48-56(21-24)65(63,64)25-3-4-25)47-19-26(28)39(52-58)55-11-8-23(9-12-55)20-53-13-15-54(16-14-53)37-35(44)33-32(34(43)36(37)45)41(61)57(42(33)62)27-5-6-31(59)51-40(27)60/h7,10,17-19,21-23,25,27H,3-6,8-9,11-16,20H2,1-2H3,(H,51,59,60)(H,46,47,49,50)/i13D2,14D2,15D2,16D2. The van der Waals surface area contributed by atoms with Crippen molar-refractivity contribution < 1.29 is 51.7 Å². The Bertz CT molecular complexity index is 3270. The van der Waals surface area contributed by atoms with E-state index in [1.807, 2.05) is 24.1 Å². The highest BCUT2D eigenvalue weighted by atomic mass is 32.2. The van der Waals surface area contributed by atoms with Crippen molar-refractivity contribution in [3.05, 3.63) is 65.5 Å². The highest BCUT2D eigenvalue weighted by molar-refractivity contribution is 7.90. The molecule has 5 aromatic rings. The highest BCUT2D eigenvalue weighted by Crippen LogP contribution is 2.39. The van der Waals surface area contributed by atoms with E-state index >= 15 is 13.2 Å². The van der Waals surface area contributed by atoms with E-state index in [1.165, 1.54) is 18.6 Å². The number of imide groups is 2. The number of hydrogen-bond acceptors (Lipinski definition) is 15. The topological polar surface area (TPSA) is 214 Å². The monoisotopic (exact) mass is 923 g/mol. The van der Waals surface area contributed by atoms with Gasteiger partial charge in [0.05, 0.1) is 50.7 Å². The maximum Gasteiger partial charge on any atom is 0.265 e. The molecule has 1 unspecified atom stereocenters. The Hall–Kier alpha value is -6.49. The number of nitrogens with one attached hydrogen (secondary N) is 2. The van der Waals surface area contributed by atoms with Gasteiger partial charge in [-0.2, -0.15) is 14.3 Å². The van der Waals surface area contributed by atoms with Crippen molar-refractivity contribution in [2.45, 2.75) is 69.7 Å². The molecule has 0 radical (unpaired) electrons. The molecule has 3 saturated heterocycles. The van der Waals surface area contributed by atoms with Crippen molar-refractivity contribution in [2.24, 2.45) is 5.92 Å². The fourth-order valence-corrected chi connectivity index (χ4v) is 9.82. The summed E-state index contributed by atoms with van der Waals surface area (Å²) in [5.74, 6) is -11.3. The van der Waals surface area contributed by atoms with Gasteiger partial charge in [-0.1, -0.05) is 0 Å². The summed E-state index contributed by atoms with van der Waals surface area (Å²) in [7, 11) is -3.60. The van der Waals surface area contributed by atoms with E-state index in [-0.39, 0.29) is 49.1 Å². The number of piperidine rings is 2. The first-order valence-corrected chi connectivity index (χ1v) is 22.2. The van der Waals surface area contributed by atoms with Crippen molar-refractivity contribution in [3.8, 4) is 11.4 Å². The van der Waals surface area contributed by atoms with Crippen LogP contribution in [-0.4, -0.2) is 133 Å². The van der Waals surface area contributed by atoms with Gasteiger partial charge in [0.1, 0.15) is 23.4 Å². The van der Waals surface area contributed by atoms with Crippen molar-refractivity contribution in [1.82, 2.24) is 49.0 Å². The molecule has 23 heteroatoms. The molecule has 5 aliphatic rings. The molecular formula is C42H44F3N13O6S. The zero-order valence-corrected chi connectivity index (χ0v) is 35.4. The average molecular weight is 924 g/mol. The van der Waals surface area contributed by atoms with Crippen LogP contribution in [-0.2, 0) is 19.6 Å². The van der Waals surface area contributed by atoms with Crippen LogP contribution in [0.4, 0.5) is 36.3 Å². The predicted octanol–water partition coefficient (Wildman–Crippen LogP) is 3.61. The molecule has 2 N–H and O–H groups in total. The van der Waals surface area contributed by atoms with Gasteiger partial charge in [0.2, 0.25) is 11.8 Å². The normalized spacial score (nSPS) is 25.0. The number of piperazine rings is 1. The SMILES string of the molecule is [2H]C1([2H])N(CC2CCN(c3nn(C(C)C)c4cc(Nc5ccnc(-c6cnn(S(=O)(=O)C7CC7)c6)n5)ncc34)CC2)C([2H])([2H])C([2H])([2H])N(c2c(F)c(F)c3c(c2F)C(=O)N(C2CCC(=O)NC2=O)C3=O)C1([2H])[2H].